The molecular weight excluding hydrogens is 297 g/mol. The van der Waals surface area contributed by atoms with Gasteiger partial charge in [-0.2, -0.15) is 10.2 Å². The molecule has 0 fully saturated rings. The van der Waals surface area contributed by atoms with Gasteiger partial charge in [-0.3, -0.25) is 4.79 Å². The first-order valence-electron chi connectivity index (χ1n) is 7.38. The maximum absolute atomic E-state index is 13.1. The van der Waals surface area contributed by atoms with Crippen molar-refractivity contribution in [3.63, 3.8) is 0 Å². The normalized spacial score (nSPS) is 14.6. The first-order chi connectivity index (χ1) is 11.1. The molecule has 118 valence electrons. The number of nitrogens with zero attached hydrogens (tertiary/aromatic N) is 4. The van der Waals surface area contributed by atoms with E-state index in [0.717, 1.165) is 6.42 Å². The first kappa shape index (κ1) is 15.2. The van der Waals surface area contributed by atoms with Crippen molar-refractivity contribution >= 4 is 11.6 Å². The number of carbonyl (C=O) groups is 1. The van der Waals surface area contributed by atoms with Crippen LogP contribution in [0, 0.1) is 18.2 Å². The van der Waals surface area contributed by atoms with Crippen LogP contribution >= 0.6 is 0 Å². The molecular formula is C16H16FN5O. The van der Waals surface area contributed by atoms with Gasteiger partial charge in [0.25, 0.3) is 0 Å². The van der Waals surface area contributed by atoms with E-state index in [1.807, 2.05) is 0 Å². The highest BCUT2D eigenvalue weighted by Gasteiger charge is 2.38. The number of hydrogen-bond donors (Lipinski definition) is 1. The van der Waals surface area contributed by atoms with Gasteiger partial charge in [0.1, 0.15) is 11.5 Å². The zero-order valence-electron chi connectivity index (χ0n) is 12.5. The lowest BCUT2D eigenvalue weighted by atomic mass is 10.0. The number of fused-ring (bicyclic) bond motifs is 1. The molecule has 2 aromatic heterocycles. The predicted molar refractivity (Wildman–Crippen MR) is 82.1 cm³/mol. The average molecular weight is 313 g/mol. The zero-order chi connectivity index (χ0) is 16.3. The molecule has 0 bridgehead atoms. The molecule has 0 aromatic carbocycles. The molecule has 1 amide bonds. The quantitative estimate of drug-likeness (QED) is 0.795. The molecule has 0 aliphatic carbocycles. The summed E-state index contributed by atoms with van der Waals surface area (Å²) in [6, 6.07) is 2.91. The number of aromatic nitrogens is 2. The van der Waals surface area contributed by atoms with Crippen LogP contribution in [0.2, 0.25) is 0 Å². The molecule has 3 heterocycles. The first-order valence-corrected chi connectivity index (χ1v) is 7.38. The molecule has 1 aliphatic rings. The number of nitrogens with one attached hydrogen (secondary N) is 1. The third-order valence-corrected chi connectivity index (χ3v) is 3.71. The van der Waals surface area contributed by atoms with Crippen LogP contribution in [0.5, 0.6) is 0 Å². The molecule has 0 atom stereocenters. The Morgan fingerprint density at radius 3 is 2.91 bits per heavy atom. The van der Waals surface area contributed by atoms with E-state index in [1.165, 1.54) is 12.3 Å². The van der Waals surface area contributed by atoms with Gasteiger partial charge in [-0.25, -0.2) is 9.37 Å². The molecule has 0 saturated carbocycles. The summed E-state index contributed by atoms with van der Waals surface area (Å²) in [6.45, 7) is 0.485. The minimum absolute atomic E-state index is 0.137. The van der Waals surface area contributed by atoms with Crippen LogP contribution in [-0.2, 0) is 11.2 Å². The maximum Gasteiger partial charge on any atom is 0.226 e. The summed E-state index contributed by atoms with van der Waals surface area (Å²) >= 11 is 0. The number of halogens is 1. The van der Waals surface area contributed by atoms with E-state index in [4.69, 9.17) is 6.42 Å². The highest BCUT2D eigenvalue weighted by Crippen LogP contribution is 2.35. The van der Waals surface area contributed by atoms with Crippen molar-refractivity contribution in [2.24, 2.45) is 10.2 Å². The Kier molecular flexibility index (Phi) is 4.06. The molecule has 0 spiro atoms. The fourth-order valence-corrected chi connectivity index (χ4v) is 2.40. The van der Waals surface area contributed by atoms with E-state index in [9.17, 15) is 9.18 Å². The van der Waals surface area contributed by atoms with Gasteiger partial charge >= 0.3 is 0 Å². The van der Waals surface area contributed by atoms with Crippen molar-refractivity contribution in [3.8, 4) is 12.3 Å². The van der Waals surface area contributed by atoms with Crippen molar-refractivity contribution in [2.45, 2.75) is 31.3 Å². The monoisotopic (exact) mass is 313 g/mol. The Hall–Kier alpha value is -2.75. The molecule has 1 aliphatic heterocycles. The fraction of sp³-hybridized carbons (Fsp3) is 0.375. The summed E-state index contributed by atoms with van der Waals surface area (Å²) in [4.78, 5) is 16.2. The topological polar surface area (TPSA) is 71.1 Å². The summed E-state index contributed by atoms with van der Waals surface area (Å²) in [7, 11) is 0. The van der Waals surface area contributed by atoms with Crippen LogP contribution in [0.1, 0.15) is 25.0 Å². The minimum atomic E-state index is -0.389. The summed E-state index contributed by atoms with van der Waals surface area (Å²) in [5.41, 5.74) is 0.814. The fourth-order valence-electron chi connectivity index (χ4n) is 2.40. The van der Waals surface area contributed by atoms with Crippen LogP contribution in [0.25, 0.3) is 5.65 Å². The van der Waals surface area contributed by atoms with Gasteiger partial charge in [0.05, 0.1) is 12.1 Å². The summed E-state index contributed by atoms with van der Waals surface area (Å²) in [5, 5.41) is 10.9. The van der Waals surface area contributed by atoms with Crippen molar-refractivity contribution in [3.05, 3.63) is 36.0 Å². The van der Waals surface area contributed by atoms with Gasteiger partial charge in [-0.05, 0) is 12.1 Å². The number of terminal acetylenes is 1. The third-order valence-electron chi connectivity index (χ3n) is 3.71. The minimum Gasteiger partial charge on any atom is -0.356 e. The van der Waals surface area contributed by atoms with E-state index < -0.39 is 0 Å². The standard InChI is InChI=1S/C16H16FN5O/c1-2-3-6-16(20-21-16)7-8-18-15(23)9-13-11-22-10-12(17)4-5-14(22)19-13/h1,4-5,10-11H,3,6-9H2,(H,18,23). The molecule has 3 rings (SSSR count). The second-order valence-corrected chi connectivity index (χ2v) is 5.51. The Balaban J connectivity index is 1.48. The van der Waals surface area contributed by atoms with Crippen LogP contribution in [-0.4, -0.2) is 27.5 Å². The highest BCUT2D eigenvalue weighted by atomic mass is 19.1. The van der Waals surface area contributed by atoms with Crippen LogP contribution in [0.4, 0.5) is 4.39 Å². The SMILES string of the molecule is C#CCCC1(CCNC(=O)Cc2cn3cc(F)ccc3n2)N=N1. The van der Waals surface area contributed by atoms with Gasteiger partial charge in [0, 0.05) is 38.2 Å². The molecule has 2 aromatic rings. The number of rotatable bonds is 7. The van der Waals surface area contributed by atoms with Gasteiger partial charge in [-0.1, -0.05) is 0 Å². The van der Waals surface area contributed by atoms with Crippen LogP contribution in [0.15, 0.2) is 34.8 Å². The molecule has 0 saturated heterocycles. The number of imidazole rings is 1. The molecule has 6 nitrogen and oxygen atoms in total. The second-order valence-electron chi connectivity index (χ2n) is 5.51. The van der Waals surface area contributed by atoms with Crippen molar-refractivity contribution in [2.75, 3.05) is 6.54 Å². The van der Waals surface area contributed by atoms with Gasteiger partial charge in [0.2, 0.25) is 5.91 Å². The molecule has 7 heteroatoms. The molecule has 0 unspecified atom stereocenters. The Labute approximate surface area is 132 Å². The van der Waals surface area contributed by atoms with Gasteiger partial charge in [-0.15, -0.1) is 12.3 Å². The Morgan fingerprint density at radius 1 is 1.35 bits per heavy atom. The zero-order valence-corrected chi connectivity index (χ0v) is 12.5. The van der Waals surface area contributed by atoms with E-state index in [-0.39, 0.29) is 23.8 Å². The highest BCUT2D eigenvalue weighted by molar-refractivity contribution is 5.78. The van der Waals surface area contributed by atoms with Crippen molar-refractivity contribution in [1.82, 2.24) is 14.7 Å². The Morgan fingerprint density at radius 2 is 2.17 bits per heavy atom. The maximum atomic E-state index is 13.1. The van der Waals surface area contributed by atoms with Gasteiger partial charge < -0.3 is 9.72 Å². The van der Waals surface area contributed by atoms with E-state index in [0.29, 0.717) is 30.7 Å². The lowest BCUT2D eigenvalue weighted by Crippen LogP contribution is -2.29. The summed E-state index contributed by atoms with van der Waals surface area (Å²) in [6.07, 6.45) is 10.4. The predicted octanol–water partition coefficient (Wildman–Crippen LogP) is 2.10. The number of amides is 1. The molecule has 0 radical (unpaired) electrons. The smallest absolute Gasteiger partial charge is 0.226 e. The number of pyridine rings is 1. The van der Waals surface area contributed by atoms with Crippen LogP contribution < -0.4 is 5.32 Å². The van der Waals surface area contributed by atoms with E-state index in [2.05, 4.69) is 26.4 Å². The lowest BCUT2D eigenvalue weighted by molar-refractivity contribution is -0.120. The molecule has 1 N–H and O–H groups in total. The molecule has 23 heavy (non-hydrogen) atoms. The van der Waals surface area contributed by atoms with E-state index in [1.54, 1.807) is 16.7 Å². The second kappa shape index (κ2) is 6.16. The number of hydrogen-bond acceptors (Lipinski definition) is 4. The van der Waals surface area contributed by atoms with Crippen LogP contribution in [0.3, 0.4) is 0 Å². The number of carbonyl (C=O) groups excluding carboxylic acids is 1. The third kappa shape index (κ3) is 3.72. The van der Waals surface area contributed by atoms with Crippen molar-refractivity contribution < 1.29 is 9.18 Å². The largest absolute Gasteiger partial charge is 0.356 e. The summed E-state index contributed by atoms with van der Waals surface area (Å²) < 4.78 is 14.7. The lowest BCUT2D eigenvalue weighted by Gasteiger charge is -2.09. The van der Waals surface area contributed by atoms with Crippen molar-refractivity contribution in [1.29, 1.82) is 0 Å². The Bertz CT molecular complexity index is 798. The average Bonchev–Trinajstić information content (AvgIpc) is 3.17. The van der Waals surface area contributed by atoms with E-state index >= 15 is 0 Å². The summed E-state index contributed by atoms with van der Waals surface area (Å²) in [5.74, 6) is 2.08. The van der Waals surface area contributed by atoms with Gasteiger partial charge in [0.15, 0.2) is 5.66 Å².